The number of hydrogen-bond acceptors (Lipinski definition) is 7. The largest absolute Gasteiger partial charge is 0.452 e. The van der Waals surface area contributed by atoms with E-state index >= 15 is 0 Å². The molecule has 2 amide bonds. The lowest BCUT2D eigenvalue weighted by Gasteiger charge is -2.12. The molecule has 0 aliphatic carbocycles. The first-order valence-corrected chi connectivity index (χ1v) is 11.2. The van der Waals surface area contributed by atoms with E-state index < -0.39 is 28.3 Å². The molecule has 2 N–H and O–H groups in total. The molecule has 1 saturated heterocycles. The van der Waals surface area contributed by atoms with Crippen LogP contribution in [-0.2, 0) is 24.2 Å². The van der Waals surface area contributed by atoms with Crippen LogP contribution in [0, 0.1) is 0 Å². The van der Waals surface area contributed by atoms with E-state index in [4.69, 9.17) is 4.74 Å². The quantitative estimate of drug-likeness (QED) is 0.590. The lowest BCUT2D eigenvalue weighted by atomic mass is 10.2. The lowest BCUT2D eigenvalue weighted by molar-refractivity contribution is -0.127. The zero-order chi connectivity index (χ0) is 19.9. The van der Waals surface area contributed by atoms with Gasteiger partial charge in [0.2, 0.25) is 5.91 Å². The molecular formula is C17H22N2O6S2. The van der Waals surface area contributed by atoms with Crippen LogP contribution >= 0.6 is 11.8 Å². The van der Waals surface area contributed by atoms with Gasteiger partial charge >= 0.3 is 5.97 Å². The summed E-state index contributed by atoms with van der Waals surface area (Å²) < 4.78 is 28.2. The molecule has 0 bridgehead atoms. The van der Waals surface area contributed by atoms with Gasteiger partial charge in [-0.2, -0.15) is 0 Å². The molecule has 27 heavy (non-hydrogen) atoms. The third-order valence-electron chi connectivity index (χ3n) is 3.75. The van der Waals surface area contributed by atoms with Crippen molar-refractivity contribution in [3.63, 3.8) is 0 Å². The summed E-state index contributed by atoms with van der Waals surface area (Å²) in [6.45, 7) is 1.53. The first-order chi connectivity index (χ1) is 12.8. The van der Waals surface area contributed by atoms with Crippen LogP contribution in [0.15, 0.2) is 29.2 Å². The second kappa shape index (κ2) is 9.75. The Morgan fingerprint density at radius 1 is 1.19 bits per heavy atom. The number of esters is 1. The van der Waals surface area contributed by atoms with Gasteiger partial charge in [0.15, 0.2) is 16.4 Å². The highest BCUT2D eigenvalue weighted by Crippen LogP contribution is 2.33. The van der Waals surface area contributed by atoms with Crippen molar-refractivity contribution in [1.29, 1.82) is 0 Å². The van der Waals surface area contributed by atoms with Crippen LogP contribution in [0.2, 0.25) is 0 Å². The number of rotatable bonds is 8. The van der Waals surface area contributed by atoms with Gasteiger partial charge in [-0.3, -0.25) is 9.59 Å². The molecule has 1 aromatic rings. The van der Waals surface area contributed by atoms with Gasteiger partial charge < -0.3 is 15.4 Å². The fourth-order valence-electron chi connectivity index (χ4n) is 2.47. The summed E-state index contributed by atoms with van der Waals surface area (Å²) in [4.78, 5) is 35.9. The number of thioether (sulfide) groups is 1. The van der Waals surface area contributed by atoms with E-state index in [0.29, 0.717) is 17.9 Å². The molecule has 1 fully saturated rings. The Morgan fingerprint density at radius 3 is 2.59 bits per heavy atom. The third kappa shape index (κ3) is 6.87. The molecule has 1 aromatic carbocycles. The minimum atomic E-state index is -3.01. The van der Waals surface area contributed by atoms with E-state index in [1.807, 2.05) is 0 Å². The Bertz CT molecular complexity index is 809. The molecular weight excluding hydrogens is 392 g/mol. The van der Waals surface area contributed by atoms with E-state index in [0.717, 1.165) is 0 Å². The van der Waals surface area contributed by atoms with Crippen molar-refractivity contribution in [1.82, 2.24) is 10.6 Å². The molecule has 1 aliphatic heterocycles. The molecule has 0 radical (unpaired) electrons. The number of carbonyl (C=O) groups excluding carboxylic acids is 3. The van der Waals surface area contributed by atoms with Crippen LogP contribution in [0.5, 0.6) is 0 Å². The number of ether oxygens (including phenoxy) is 1. The molecule has 0 aromatic heterocycles. The second-order valence-corrected chi connectivity index (χ2v) is 9.52. The smallest absolute Gasteiger partial charge is 0.339 e. The summed E-state index contributed by atoms with van der Waals surface area (Å²) in [5, 5.41) is 4.78. The number of hydrogen-bond donors (Lipinski definition) is 2. The molecule has 1 heterocycles. The minimum Gasteiger partial charge on any atom is -0.452 e. The van der Waals surface area contributed by atoms with Crippen LogP contribution in [0.25, 0.3) is 0 Å². The second-order valence-electron chi connectivity index (χ2n) is 5.95. The van der Waals surface area contributed by atoms with Gasteiger partial charge in [-0.15, -0.1) is 11.8 Å². The summed E-state index contributed by atoms with van der Waals surface area (Å²) in [5.41, 5.74) is 0.281. The normalized spacial score (nSPS) is 17.9. The van der Waals surface area contributed by atoms with Crippen LogP contribution in [-0.4, -0.2) is 62.7 Å². The first kappa shape index (κ1) is 21.2. The Labute approximate surface area is 162 Å². The molecule has 1 atom stereocenters. The molecule has 2 rings (SSSR count). The van der Waals surface area contributed by atoms with Crippen molar-refractivity contribution in [2.24, 2.45) is 0 Å². The van der Waals surface area contributed by atoms with Crippen LogP contribution in [0.3, 0.4) is 0 Å². The van der Waals surface area contributed by atoms with E-state index in [9.17, 15) is 22.8 Å². The van der Waals surface area contributed by atoms with Crippen molar-refractivity contribution in [2.45, 2.75) is 23.5 Å². The topological polar surface area (TPSA) is 119 Å². The zero-order valence-electron chi connectivity index (χ0n) is 14.9. The predicted molar refractivity (Wildman–Crippen MR) is 101 cm³/mol. The number of sulfone groups is 1. The van der Waals surface area contributed by atoms with E-state index in [-0.39, 0.29) is 34.8 Å². The van der Waals surface area contributed by atoms with Gasteiger partial charge in [0.25, 0.3) is 5.91 Å². The molecule has 0 spiro atoms. The van der Waals surface area contributed by atoms with Gasteiger partial charge in [0.1, 0.15) is 0 Å². The predicted octanol–water partition coefficient (Wildman–Crippen LogP) is 0.375. The average molecular weight is 415 g/mol. The summed E-state index contributed by atoms with van der Waals surface area (Å²) in [7, 11) is -3.01. The fraction of sp³-hybridized carbons (Fsp3) is 0.471. The molecule has 148 valence electrons. The van der Waals surface area contributed by atoms with Crippen molar-refractivity contribution in [2.75, 3.05) is 31.2 Å². The van der Waals surface area contributed by atoms with E-state index in [1.165, 1.54) is 11.8 Å². The third-order valence-corrected chi connectivity index (χ3v) is 7.07. The number of amides is 2. The monoisotopic (exact) mass is 414 g/mol. The van der Waals surface area contributed by atoms with Crippen LogP contribution in [0.1, 0.15) is 23.7 Å². The van der Waals surface area contributed by atoms with Crippen LogP contribution in [0.4, 0.5) is 0 Å². The summed E-state index contributed by atoms with van der Waals surface area (Å²) in [6, 6.07) is 6.71. The number of nitrogens with one attached hydrogen (secondary N) is 2. The van der Waals surface area contributed by atoms with E-state index in [2.05, 4.69) is 10.6 Å². The highest BCUT2D eigenvalue weighted by molar-refractivity contribution is 8.02. The molecule has 1 aliphatic rings. The number of benzene rings is 1. The lowest BCUT2D eigenvalue weighted by Crippen LogP contribution is -2.38. The molecule has 8 nitrogen and oxygen atoms in total. The molecule has 0 unspecified atom stereocenters. The Balaban J connectivity index is 1.89. The van der Waals surface area contributed by atoms with Crippen molar-refractivity contribution >= 4 is 39.4 Å². The summed E-state index contributed by atoms with van der Waals surface area (Å²) in [6.07, 6.45) is 0.540. The van der Waals surface area contributed by atoms with E-state index in [1.54, 1.807) is 31.2 Å². The maximum atomic E-state index is 12.3. The van der Waals surface area contributed by atoms with Crippen molar-refractivity contribution < 1.29 is 27.5 Å². The SMILES string of the molecule is CCNC(=O)CNC(=O)COC(=O)c1ccccc1S[C@@H]1CCS(=O)(=O)C1. The van der Waals surface area contributed by atoms with Gasteiger partial charge in [-0.1, -0.05) is 12.1 Å². The maximum absolute atomic E-state index is 12.3. The summed E-state index contributed by atoms with van der Waals surface area (Å²) >= 11 is 1.33. The first-order valence-electron chi connectivity index (χ1n) is 8.47. The van der Waals surface area contributed by atoms with Gasteiger partial charge in [-0.05, 0) is 25.5 Å². The standard InChI is InChI=1S/C17H22N2O6S2/c1-2-18-15(20)9-19-16(21)10-25-17(22)13-5-3-4-6-14(13)26-12-7-8-27(23,24)11-12/h3-6,12H,2,7-11H2,1H3,(H,18,20)(H,19,21)/t12-/m1/s1. The number of likely N-dealkylation sites (N-methyl/N-ethyl adjacent to an activating group) is 1. The fourth-order valence-corrected chi connectivity index (χ4v) is 6.09. The van der Waals surface area contributed by atoms with Crippen molar-refractivity contribution in [3.05, 3.63) is 29.8 Å². The van der Waals surface area contributed by atoms with Gasteiger partial charge in [-0.25, -0.2) is 13.2 Å². The average Bonchev–Trinajstić information content (AvgIpc) is 2.97. The van der Waals surface area contributed by atoms with Crippen LogP contribution < -0.4 is 10.6 Å². The Kier molecular flexibility index (Phi) is 7.66. The maximum Gasteiger partial charge on any atom is 0.339 e. The Hall–Kier alpha value is -2.07. The van der Waals surface area contributed by atoms with Gasteiger partial charge in [0.05, 0.1) is 23.6 Å². The summed E-state index contributed by atoms with van der Waals surface area (Å²) in [5.74, 6) is -1.34. The molecule has 10 heteroatoms. The Morgan fingerprint density at radius 2 is 1.93 bits per heavy atom. The zero-order valence-corrected chi connectivity index (χ0v) is 16.5. The number of carbonyl (C=O) groups is 3. The minimum absolute atomic E-state index is 0.0866. The highest BCUT2D eigenvalue weighted by Gasteiger charge is 2.29. The van der Waals surface area contributed by atoms with Crippen molar-refractivity contribution in [3.8, 4) is 0 Å². The highest BCUT2D eigenvalue weighted by atomic mass is 32.2. The van der Waals surface area contributed by atoms with Gasteiger partial charge in [0, 0.05) is 16.7 Å². The molecule has 0 saturated carbocycles.